The molecule has 1 heteroatoms. The Bertz CT molecular complexity index is 333. The first kappa shape index (κ1) is 9.33. The van der Waals surface area contributed by atoms with E-state index >= 15 is 0 Å². The monoisotopic (exact) mass is 171 g/mol. The summed E-state index contributed by atoms with van der Waals surface area (Å²) < 4.78 is 0. The maximum absolute atomic E-state index is 5.64. The van der Waals surface area contributed by atoms with E-state index in [2.05, 4.69) is 13.2 Å². The summed E-state index contributed by atoms with van der Waals surface area (Å²) in [7, 11) is 0. The van der Waals surface area contributed by atoms with Crippen LogP contribution in [-0.4, -0.2) is 0 Å². The number of nitrogens with two attached hydrogens (primary N) is 1. The summed E-state index contributed by atoms with van der Waals surface area (Å²) in [6.07, 6.45) is 3.57. The average Bonchev–Trinajstić information content (AvgIpc) is 2.15. The van der Waals surface area contributed by atoms with Crippen molar-refractivity contribution in [3.05, 3.63) is 66.9 Å². The Morgan fingerprint density at radius 1 is 1.23 bits per heavy atom. The van der Waals surface area contributed by atoms with Crippen molar-refractivity contribution in [1.29, 1.82) is 0 Å². The van der Waals surface area contributed by atoms with E-state index in [1.165, 1.54) is 0 Å². The van der Waals surface area contributed by atoms with E-state index in [-0.39, 0.29) is 0 Å². The molecule has 0 aliphatic heterocycles. The van der Waals surface area contributed by atoms with Crippen LogP contribution in [0.3, 0.4) is 0 Å². The molecular weight excluding hydrogens is 158 g/mol. The SMILES string of the molecule is C=C/C=C(\C(=C)N)c1ccccc1. The smallest absolute Gasteiger partial charge is 0.0320 e. The second kappa shape index (κ2) is 4.31. The highest BCUT2D eigenvalue weighted by Crippen LogP contribution is 2.17. The van der Waals surface area contributed by atoms with Crippen molar-refractivity contribution < 1.29 is 0 Å². The van der Waals surface area contributed by atoms with E-state index in [1.807, 2.05) is 36.4 Å². The molecule has 0 fully saturated rings. The van der Waals surface area contributed by atoms with Crippen LogP contribution in [0.25, 0.3) is 5.57 Å². The molecule has 0 aliphatic rings. The minimum absolute atomic E-state index is 0.561. The minimum atomic E-state index is 0.561. The van der Waals surface area contributed by atoms with E-state index in [9.17, 15) is 0 Å². The molecule has 1 aromatic rings. The molecular formula is C12H13N. The molecule has 0 bridgehead atoms. The molecule has 1 nitrogen and oxygen atoms in total. The van der Waals surface area contributed by atoms with Gasteiger partial charge in [-0.05, 0) is 5.56 Å². The first-order valence-electron chi connectivity index (χ1n) is 4.08. The predicted octanol–water partition coefficient (Wildman–Crippen LogP) is 2.73. The zero-order chi connectivity index (χ0) is 9.68. The topological polar surface area (TPSA) is 26.0 Å². The third-order valence-corrected chi connectivity index (χ3v) is 1.72. The van der Waals surface area contributed by atoms with Gasteiger partial charge in [0.2, 0.25) is 0 Å². The Kier molecular flexibility index (Phi) is 3.09. The van der Waals surface area contributed by atoms with Gasteiger partial charge in [-0.2, -0.15) is 0 Å². The largest absolute Gasteiger partial charge is 0.399 e. The Balaban J connectivity index is 3.10. The summed E-state index contributed by atoms with van der Waals surface area (Å²) in [6.45, 7) is 7.35. The van der Waals surface area contributed by atoms with Gasteiger partial charge in [0.1, 0.15) is 0 Å². The van der Waals surface area contributed by atoms with Crippen LogP contribution in [0.15, 0.2) is 61.3 Å². The number of hydrogen-bond acceptors (Lipinski definition) is 1. The number of allylic oxidation sites excluding steroid dienone is 3. The Morgan fingerprint density at radius 2 is 1.85 bits per heavy atom. The second-order valence-electron chi connectivity index (χ2n) is 2.71. The summed E-state index contributed by atoms with van der Waals surface area (Å²) in [5.74, 6) is 0. The van der Waals surface area contributed by atoms with E-state index in [4.69, 9.17) is 5.73 Å². The van der Waals surface area contributed by atoms with Crippen molar-refractivity contribution in [1.82, 2.24) is 0 Å². The first-order chi connectivity index (χ1) is 6.25. The van der Waals surface area contributed by atoms with Crippen LogP contribution in [0.1, 0.15) is 5.56 Å². The molecule has 1 aromatic carbocycles. The molecule has 2 N–H and O–H groups in total. The van der Waals surface area contributed by atoms with E-state index in [0.29, 0.717) is 5.70 Å². The highest BCUT2D eigenvalue weighted by Gasteiger charge is 1.99. The van der Waals surface area contributed by atoms with Gasteiger partial charge in [-0.15, -0.1) is 0 Å². The normalized spacial score (nSPS) is 10.9. The van der Waals surface area contributed by atoms with Gasteiger partial charge in [-0.3, -0.25) is 0 Å². The quantitative estimate of drug-likeness (QED) is 0.695. The molecule has 0 spiro atoms. The van der Waals surface area contributed by atoms with E-state index in [1.54, 1.807) is 6.08 Å². The molecule has 0 saturated heterocycles. The van der Waals surface area contributed by atoms with Crippen LogP contribution in [0.5, 0.6) is 0 Å². The van der Waals surface area contributed by atoms with E-state index in [0.717, 1.165) is 11.1 Å². The van der Waals surface area contributed by atoms with Crippen LogP contribution in [0.2, 0.25) is 0 Å². The molecule has 0 heterocycles. The molecule has 13 heavy (non-hydrogen) atoms. The lowest BCUT2D eigenvalue weighted by molar-refractivity contribution is 1.44. The highest BCUT2D eigenvalue weighted by molar-refractivity contribution is 5.78. The molecule has 0 aliphatic carbocycles. The zero-order valence-electron chi connectivity index (χ0n) is 7.53. The van der Waals surface area contributed by atoms with Crippen LogP contribution >= 0.6 is 0 Å². The molecule has 0 unspecified atom stereocenters. The van der Waals surface area contributed by atoms with Gasteiger partial charge in [0.25, 0.3) is 0 Å². The molecule has 0 atom stereocenters. The van der Waals surface area contributed by atoms with Gasteiger partial charge in [-0.1, -0.05) is 55.6 Å². The summed E-state index contributed by atoms with van der Waals surface area (Å²) in [5, 5.41) is 0. The van der Waals surface area contributed by atoms with Crippen molar-refractivity contribution in [2.75, 3.05) is 0 Å². The van der Waals surface area contributed by atoms with Crippen LogP contribution < -0.4 is 5.73 Å². The van der Waals surface area contributed by atoms with Crippen LogP contribution in [0.4, 0.5) is 0 Å². The third kappa shape index (κ3) is 2.34. The number of hydrogen-bond donors (Lipinski definition) is 1. The fourth-order valence-electron chi connectivity index (χ4n) is 1.12. The lowest BCUT2D eigenvalue weighted by atomic mass is 10.0. The van der Waals surface area contributed by atoms with Gasteiger partial charge in [0.15, 0.2) is 0 Å². The summed E-state index contributed by atoms with van der Waals surface area (Å²) in [4.78, 5) is 0. The molecule has 0 saturated carbocycles. The summed E-state index contributed by atoms with van der Waals surface area (Å²) >= 11 is 0. The molecule has 66 valence electrons. The Morgan fingerprint density at radius 3 is 2.31 bits per heavy atom. The van der Waals surface area contributed by atoms with Crippen molar-refractivity contribution >= 4 is 5.57 Å². The standard InChI is InChI=1S/C12H13N/c1-3-7-12(10(2)13)11-8-5-4-6-9-11/h3-9H,1-2,13H2/b12-7+. The van der Waals surface area contributed by atoms with E-state index < -0.39 is 0 Å². The Hall–Kier alpha value is -1.76. The molecule has 0 aromatic heterocycles. The van der Waals surface area contributed by atoms with Crippen molar-refractivity contribution in [2.24, 2.45) is 5.73 Å². The minimum Gasteiger partial charge on any atom is -0.399 e. The maximum Gasteiger partial charge on any atom is 0.0320 e. The summed E-state index contributed by atoms with van der Waals surface area (Å²) in [5.41, 5.74) is 8.20. The van der Waals surface area contributed by atoms with Gasteiger partial charge in [0.05, 0.1) is 0 Å². The first-order valence-corrected chi connectivity index (χ1v) is 4.08. The van der Waals surface area contributed by atoms with Crippen LogP contribution in [-0.2, 0) is 0 Å². The second-order valence-corrected chi connectivity index (χ2v) is 2.71. The van der Waals surface area contributed by atoms with Crippen molar-refractivity contribution in [2.45, 2.75) is 0 Å². The van der Waals surface area contributed by atoms with Crippen LogP contribution in [0, 0.1) is 0 Å². The number of benzene rings is 1. The third-order valence-electron chi connectivity index (χ3n) is 1.72. The van der Waals surface area contributed by atoms with Gasteiger partial charge < -0.3 is 5.73 Å². The molecule has 0 amide bonds. The van der Waals surface area contributed by atoms with Gasteiger partial charge >= 0.3 is 0 Å². The van der Waals surface area contributed by atoms with Crippen molar-refractivity contribution in [3.63, 3.8) is 0 Å². The van der Waals surface area contributed by atoms with Crippen molar-refractivity contribution in [3.8, 4) is 0 Å². The molecule has 0 radical (unpaired) electrons. The Labute approximate surface area is 78.9 Å². The maximum atomic E-state index is 5.64. The zero-order valence-corrected chi connectivity index (χ0v) is 7.53. The fraction of sp³-hybridized carbons (Fsp3) is 0. The summed E-state index contributed by atoms with van der Waals surface area (Å²) in [6, 6.07) is 9.89. The fourth-order valence-corrected chi connectivity index (χ4v) is 1.12. The molecule has 1 rings (SSSR count). The van der Waals surface area contributed by atoms with Gasteiger partial charge in [0, 0.05) is 11.3 Å². The lowest BCUT2D eigenvalue weighted by Gasteiger charge is -2.05. The highest BCUT2D eigenvalue weighted by atomic mass is 14.6. The average molecular weight is 171 g/mol. The predicted molar refractivity (Wildman–Crippen MR) is 57.9 cm³/mol. The number of rotatable bonds is 3. The van der Waals surface area contributed by atoms with Gasteiger partial charge in [-0.25, -0.2) is 0 Å². The lowest BCUT2D eigenvalue weighted by Crippen LogP contribution is -1.98.